The molecule has 0 aliphatic heterocycles. The minimum atomic E-state index is -0.563. The Hall–Kier alpha value is -2.08. The highest BCUT2D eigenvalue weighted by molar-refractivity contribution is 9.10. The molecule has 24 heavy (non-hydrogen) atoms. The third-order valence-electron chi connectivity index (χ3n) is 3.76. The number of carbonyl (C=O) groups is 1. The van der Waals surface area contributed by atoms with E-state index in [0.29, 0.717) is 16.0 Å². The van der Waals surface area contributed by atoms with E-state index in [1.165, 1.54) is 12.1 Å². The normalized spacial score (nSPS) is 11.8. The lowest BCUT2D eigenvalue weighted by molar-refractivity contribution is 0.0935. The summed E-state index contributed by atoms with van der Waals surface area (Å²) in [4.78, 5) is 12.4. The fourth-order valence-electron chi connectivity index (χ4n) is 2.49. The molecule has 0 heterocycles. The van der Waals surface area contributed by atoms with Gasteiger partial charge in [0.25, 0.3) is 5.91 Å². The number of nitrogens with one attached hydrogen (secondary N) is 1. The van der Waals surface area contributed by atoms with Crippen molar-refractivity contribution in [1.29, 1.82) is 0 Å². The molecule has 0 saturated heterocycles. The van der Waals surface area contributed by atoms with Crippen LogP contribution in [0.3, 0.4) is 0 Å². The molecule has 1 atom stereocenters. The molecule has 128 valence electrons. The van der Waals surface area contributed by atoms with Crippen molar-refractivity contribution in [3.05, 3.63) is 57.3 Å². The highest BCUT2D eigenvalue weighted by Gasteiger charge is 2.18. The molecule has 2 aromatic rings. The standard InChI is InChI=1S/C18H19BrFNO3/c1-10-7-16(23-3)17(24-4)9-13(10)11(2)21-18(22)14-8-12(19)5-6-15(14)20/h5-9,11H,1-4H3,(H,21,22). The van der Waals surface area contributed by atoms with Crippen molar-refractivity contribution >= 4 is 21.8 Å². The molecule has 0 bridgehead atoms. The van der Waals surface area contributed by atoms with E-state index in [1.54, 1.807) is 20.3 Å². The Morgan fingerprint density at radius 2 is 1.79 bits per heavy atom. The van der Waals surface area contributed by atoms with E-state index >= 15 is 0 Å². The summed E-state index contributed by atoms with van der Waals surface area (Å²) in [7, 11) is 3.12. The van der Waals surface area contributed by atoms with Gasteiger partial charge in [-0.3, -0.25) is 4.79 Å². The number of ether oxygens (including phenoxy) is 2. The van der Waals surface area contributed by atoms with Gasteiger partial charge in [0.2, 0.25) is 0 Å². The van der Waals surface area contributed by atoms with Crippen molar-refractivity contribution in [2.75, 3.05) is 14.2 Å². The third kappa shape index (κ3) is 3.87. The van der Waals surface area contributed by atoms with Gasteiger partial charge in [0, 0.05) is 4.47 Å². The zero-order chi connectivity index (χ0) is 17.9. The number of benzene rings is 2. The minimum absolute atomic E-state index is 0.00523. The fraction of sp³-hybridized carbons (Fsp3) is 0.278. The molecule has 0 saturated carbocycles. The first kappa shape index (κ1) is 18.3. The highest BCUT2D eigenvalue weighted by atomic mass is 79.9. The first-order valence-corrected chi connectivity index (χ1v) is 8.15. The molecule has 6 heteroatoms. The summed E-state index contributed by atoms with van der Waals surface area (Å²) >= 11 is 3.25. The smallest absolute Gasteiger partial charge is 0.254 e. The Labute approximate surface area is 149 Å². The van der Waals surface area contributed by atoms with Gasteiger partial charge in [-0.25, -0.2) is 4.39 Å². The number of carbonyl (C=O) groups excluding carboxylic acids is 1. The van der Waals surface area contributed by atoms with Crippen LogP contribution in [-0.4, -0.2) is 20.1 Å². The van der Waals surface area contributed by atoms with Crippen LogP contribution < -0.4 is 14.8 Å². The molecule has 0 fully saturated rings. The SMILES string of the molecule is COc1cc(C)c(C(C)NC(=O)c2cc(Br)ccc2F)cc1OC. The molecule has 0 aromatic heterocycles. The molecule has 1 unspecified atom stereocenters. The van der Waals surface area contributed by atoms with Crippen molar-refractivity contribution in [1.82, 2.24) is 5.32 Å². The second kappa shape index (κ2) is 7.66. The van der Waals surface area contributed by atoms with Crippen LogP contribution in [0.1, 0.15) is 34.5 Å². The largest absolute Gasteiger partial charge is 0.493 e. The third-order valence-corrected chi connectivity index (χ3v) is 4.25. The molecule has 2 aromatic carbocycles. The molecule has 1 amide bonds. The first-order valence-electron chi connectivity index (χ1n) is 7.35. The summed E-state index contributed by atoms with van der Waals surface area (Å²) in [5.41, 5.74) is 1.81. The van der Waals surface area contributed by atoms with Crippen molar-refractivity contribution in [2.45, 2.75) is 19.9 Å². The summed E-state index contributed by atoms with van der Waals surface area (Å²) in [5, 5.41) is 2.81. The first-order chi connectivity index (χ1) is 11.4. The highest BCUT2D eigenvalue weighted by Crippen LogP contribution is 2.33. The van der Waals surface area contributed by atoms with Crippen LogP contribution in [0.25, 0.3) is 0 Å². The maximum absolute atomic E-state index is 13.9. The minimum Gasteiger partial charge on any atom is -0.493 e. The van der Waals surface area contributed by atoms with Crippen LogP contribution in [0.5, 0.6) is 11.5 Å². The van der Waals surface area contributed by atoms with Gasteiger partial charge in [-0.05, 0) is 55.3 Å². The fourth-order valence-corrected chi connectivity index (χ4v) is 2.85. The van der Waals surface area contributed by atoms with Crippen LogP contribution in [0.4, 0.5) is 4.39 Å². The molecule has 0 spiro atoms. The Bertz CT molecular complexity index is 764. The van der Waals surface area contributed by atoms with E-state index in [9.17, 15) is 9.18 Å². The van der Waals surface area contributed by atoms with E-state index in [0.717, 1.165) is 11.1 Å². The Morgan fingerprint density at radius 1 is 1.17 bits per heavy atom. The van der Waals surface area contributed by atoms with Gasteiger partial charge in [0.05, 0.1) is 25.8 Å². The lowest BCUT2D eigenvalue weighted by Gasteiger charge is -2.19. The van der Waals surface area contributed by atoms with E-state index in [4.69, 9.17) is 9.47 Å². The zero-order valence-corrected chi connectivity index (χ0v) is 15.5. The number of hydrogen-bond donors (Lipinski definition) is 1. The van der Waals surface area contributed by atoms with Gasteiger partial charge >= 0.3 is 0 Å². The molecular formula is C18H19BrFNO3. The summed E-state index contributed by atoms with van der Waals surface area (Å²) in [6.45, 7) is 3.75. The van der Waals surface area contributed by atoms with Gasteiger partial charge in [-0.2, -0.15) is 0 Å². The number of amides is 1. The molecule has 0 radical (unpaired) electrons. The number of hydrogen-bond acceptors (Lipinski definition) is 3. The number of methoxy groups -OCH3 is 2. The van der Waals surface area contributed by atoms with Crippen LogP contribution in [0, 0.1) is 12.7 Å². The second-order valence-electron chi connectivity index (χ2n) is 5.38. The van der Waals surface area contributed by atoms with Crippen molar-refractivity contribution in [2.24, 2.45) is 0 Å². The van der Waals surface area contributed by atoms with E-state index in [-0.39, 0.29) is 11.6 Å². The maximum atomic E-state index is 13.9. The van der Waals surface area contributed by atoms with E-state index < -0.39 is 11.7 Å². The molecule has 4 nitrogen and oxygen atoms in total. The van der Waals surface area contributed by atoms with Gasteiger partial charge in [0.1, 0.15) is 5.82 Å². The Morgan fingerprint density at radius 3 is 2.42 bits per heavy atom. The van der Waals surface area contributed by atoms with Gasteiger partial charge < -0.3 is 14.8 Å². The van der Waals surface area contributed by atoms with E-state index in [2.05, 4.69) is 21.2 Å². The van der Waals surface area contributed by atoms with Crippen molar-refractivity contribution in [3.8, 4) is 11.5 Å². The van der Waals surface area contributed by atoms with Crippen LogP contribution >= 0.6 is 15.9 Å². The Kier molecular flexibility index (Phi) is 5.83. The lowest BCUT2D eigenvalue weighted by atomic mass is 10.0. The van der Waals surface area contributed by atoms with Crippen LogP contribution in [-0.2, 0) is 0 Å². The monoisotopic (exact) mass is 395 g/mol. The van der Waals surface area contributed by atoms with Crippen molar-refractivity contribution in [3.63, 3.8) is 0 Å². The Balaban J connectivity index is 2.27. The lowest BCUT2D eigenvalue weighted by Crippen LogP contribution is -2.28. The van der Waals surface area contributed by atoms with Crippen LogP contribution in [0.15, 0.2) is 34.8 Å². The predicted octanol–water partition coefficient (Wildman–Crippen LogP) is 4.40. The predicted molar refractivity (Wildman–Crippen MR) is 94.3 cm³/mol. The number of halogens is 2. The van der Waals surface area contributed by atoms with Gasteiger partial charge in [-0.15, -0.1) is 0 Å². The maximum Gasteiger partial charge on any atom is 0.254 e. The molecule has 1 N–H and O–H groups in total. The average Bonchev–Trinajstić information content (AvgIpc) is 2.56. The molecule has 0 aliphatic carbocycles. The molecule has 0 aliphatic rings. The quantitative estimate of drug-likeness (QED) is 0.815. The number of rotatable bonds is 5. The summed E-state index contributed by atoms with van der Waals surface area (Å²) < 4.78 is 25.1. The van der Waals surface area contributed by atoms with Gasteiger partial charge in [0.15, 0.2) is 11.5 Å². The van der Waals surface area contributed by atoms with Gasteiger partial charge in [-0.1, -0.05) is 15.9 Å². The topological polar surface area (TPSA) is 47.6 Å². The zero-order valence-electron chi connectivity index (χ0n) is 13.9. The summed E-state index contributed by atoms with van der Waals surface area (Å²) in [6, 6.07) is 7.60. The second-order valence-corrected chi connectivity index (χ2v) is 6.30. The van der Waals surface area contributed by atoms with Crippen LogP contribution in [0.2, 0.25) is 0 Å². The van der Waals surface area contributed by atoms with E-state index in [1.807, 2.05) is 26.0 Å². The molecular weight excluding hydrogens is 377 g/mol. The average molecular weight is 396 g/mol. The van der Waals surface area contributed by atoms with Crippen molar-refractivity contribution < 1.29 is 18.7 Å². The summed E-state index contributed by atoms with van der Waals surface area (Å²) in [5.74, 6) is 0.158. The molecule has 2 rings (SSSR count). The summed E-state index contributed by atoms with van der Waals surface area (Å²) in [6.07, 6.45) is 0. The number of aryl methyl sites for hydroxylation is 1.